The Bertz CT molecular complexity index is 2480. The first-order valence-corrected chi connectivity index (χ1v) is 14.9. The lowest BCUT2D eigenvalue weighted by atomic mass is 9.94. The standard InChI is InChI=1S/C39H21F6N3/c40-38(41,42)24-19-23(20-25(21-24)39(43,44)45)26-17-18-36(47-32-13-5-1-9-27(32)28-10-2-6-14-33(28)47)31(22-46)37(26)48-34-15-7-3-11-29(34)30-12-4-8-16-35(30)48/h1-21H. The van der Waals surface area contributed by atoms with E-state index in [1.807, 2.05) is 89.5 Å². The van der Waals surface area contributed by atoms with Crippen LogP contribution in [0.3, 0.4) is 0 Å². The molecule has 0 amide bonds. The van der Waals surface area contributed by atoms with E-state index in [1.54, 1.807) is 22.8 Å². The predicted molar refractivity (Wildman–Crippen MR) is 175 cm³/mol. The van der Waals surface area contributed by atoms with E-state index >= 15 is 0 Å². The van der Waals surface area contributed by atoms with Crippen molar-refractivity contribution in [3.05, 3.63) is 144 Å². The van der Waals surface area contributed by atoms with E-state index in [4.69, 9.17) is 0 Å². The molecule has 0 saturated heterocycles. The first kappa shape index (κ1) is 29.4. The number of benzene rings is 6. The molecule has 2 aromatic heterocycles. The fourth-order valence-electron chi connectivity index (χ4n) is 6.80. The van der Waals surface area contributed by atoms with Crippen LogP contribution < -0.4 is 0 Å². The third-order valence-electron chi connectivity index (χ3n) is 8.79. The van der Waals surface area contributed by atoms with Gasteiger partial charge in [-0.2, -0.15) is 31.6 Å². The number of hydrogen-bond acceptors (Lipinski definition) is 1. The van der Waals surface area contributed by atoms with Crippen LogP contribution in [0, 0.1) is 11.3 Å². The number of fused-ring (bicyclic) bond motifs is 6. The number of nitriles is 1. The smallest absolute Gasteiger partial charge is 0.308 e. The normalized spacial score (nSPS) is 12.4. The van der Waals surface area contributed by atoms with E-state index in [0.717, 1.165) is 32.6 Å². The van der Waals surface area contributed by atoms with Gasteiger partial charge in [0.2, 0.25) is 0 Å². The Balaban J connectivity index is 1.57. The molecule has 0 radical (unpaired) electrons. The van der Waals surface area contributed by atoms with Crippen LogP contribution in [0.2, 0.25) is 0 Å². The van der Waals surface area contributed by atoms with Gasteiger partial charge in [0.25, 0.3) is 0 Å². The summed E-state index contributed by atoms with van der Waals surface area (Å²) < 4.78 is 88.3. The highest BCUT2D eigenvalue weighted by Crippen LogP contribution is 2.44. The number of halogens is 6. The van der Waals surface area contributed by atoms with Crippen LogP contribution in [0.5, 0.6) is 0 Å². The minimum atomic E-state index is -5.05. The first-order valence-electron chi connectivity index (χ1n) is 14.9. The quantitative estimate of drug-likeness (QED) is 0.176. The van der Waals surface area contributed by atoms with E-state index in [0.29, 0.717) is 28.9 Å². The fraction of sp³-hybridized carbons (Fsp3) is 0.0513. The molecule has 0 aliphatic carbocycles. The molecule has 8 aromatic rings. The van der Waals surface area contributed by atoms with Gasteiger partial charge in [0, 0.05) is 27.1 Å². The number of nitrogens with zero attached hydrogens (tertiary/aromatic N) is 3. The van der Waals surface area contributed by atoms with E-state index in [-0.39, 0.29) is 28.4 Å². The van der Waals surface area contributed by atoms with Crippen LogP contribution in [0.1, 0.15) is 16.7 Å². The zero-order valence-corrected chi connectivity index (χ0v) is 24.7. The van der Waals surface area contributed by atoms with Crippen molar-refractivity contribution in [3.8, 4) is 28.6 Å². The van der Waals surface area contributed by atoms with Gasteiger partial charge in [0.05, 0.1) is 44.6 Å². The molecule has 0 atom stereocenters. The van der Waals surface area contributed by atoms with Gasteiger partial charge >= 0.3 is 12.4 Å². The van der Waals surface area contributed by atoms with Gasteiger partial charge in [0.1, 0.15) is 11.6 Å². The van der Waals surface area contributed by atoms with Gasteiger partial charge in [-0.15, -0.1) is 0 Å². The predicted octanol–water partition coefficient (Wildman–Crippen LogP) is 11.5. The van der Waals surface area contributed by atoms with Crippen LogP contribution in [0.15, 0.2) is 127 Å². The molecule has 9 heteroatoms. The maximum absolute atomic E-state index is 14.1. The number of para-hydroxylation sites is 4. The molecular weight excluding hydrogens is 624 g/mol. The Morgan fingerprint density at radius 1 is 0.479 bits per heavy atom. The SMILES string of the molecule is N#Cc1c(-n2c3ccccc3c3ccccc32)ccc(-c2cc(C(F)(F)F)cc(C(F)(F)F)c2)c1-n1c2ccccc2c2ccccc21. The topological polar surface area (TPSA) is 33.6 Å². The lowest BCUT2D eigenvalue weighted by Gasteiger charge is -2.21. The molecule has 0 fully saturated rings. The zero-order valence-electron chi connectivity index (χ0n) is 24.7. The van der Waals surface area contributed by atoms with Crippen molar-refractivity contribution in [2.24, 2.45) is 0 Å². The van der Waals surface area contributed by atoms with Crippen LogP contribution in [-0.2, 0) is 12.4 Å². The third kappa shape index (κ3) is 4.44. The maximum Gasteiger partial charge on any atom is 0.416 e. The van der Waals surface area contributed by atoms with Gasteiger partial charge in [-0.25, -0.2) is 0 Å². The molecule has 0 unspecified atom stereocenters. The second-order valence-electron chi connectivity index (χ2n) is 11.5. The minimum Gasteiger partial charge on any atom is -0.308 e. The van der Waals surface area contributed by atoms with Crippen molar-refractivity contribution in [1.82, 2.24) is 9.13 Å². The highest BCUT2D eigenvalue weighted by atomic mass is 19.4. The van der Waals surface area contributed by atoms with Crippen molar-refractivity contribution in [1.29, 1.82) is 5.26 Å². The summed E-state index contributed by atoms with van der Waals surface area (Å²) in [5.41, 5.74) is 0.368. The zero-order chi connectivity index (χ0) is 33.4. The summed E-state index contributed by atoms with van der Waals surface area (Å²) in [5.74, 6) is 0. The van der Waals surface area contributed by atoms with E-state index in [1.165, 1.54) is 6.07 Å². The van der Waals surface area contributed by atoms with E-state index < -0.39 is 23.5 Å². The molecular formula is C39H21F6N3. The van der Waals surface area contributed by atoms with Gasteiger partial charge in [-0.05, 0) is 54.1 Å². The first-order chi connectivity index (χ1) is 23.1. The van der Waals surface area contributed by atoms with Crippen LogP contribution in [-0.4, -0.2) is 9.13 Å². The van der Waals surface area contributed by atoms with Crippen LogP contribution >= 0.6 is 0 Å². The second-order valence-corrected chi connectivity index (χ2v) is 11.5. The molecule has 6 aromatic carbocycles. The van der Waals surface area contributed by atoms with Crippen molar-refractivity contribution < 1.29 is 26.3 Å². The van der Waals surface area contributed by atoms with Gasteiger partial charge in [-0.1, -0.05) is 78.9 Å². The third-order valence-corrected chi connectivity index (χ3v) is 8.79. The van der Waals surface area contributed by atoms with Crippen molar-refractivity contribution >= 4 is 43.6 Å². The van der Waals surface area contributed by atoms with Crippen molar-refractivity contribution in [3.63, 3.8) is 0 Å². The Labute approximate surface area is 269 Å². The number of rotatable bonds is 3. The Kier molecular flexibility index (Phi) is 6.43. The molecule has 0 N–H and O–H groups in total. The monoisotopic (exact) mass is 645 g/mol. The maximum atomic E-state index is 14.1. The summed E-state index contributed by atoms with van der Waals surface area (Å²) in [4.78, 5) is 0. The Morgan fingerprint density at radius 2 is 0.875 bits per heavy atom. The Hall–Kier alpha value is -6.01. The lowest BCUT2D eigenvalue weighted by Crippen LogP contribution is -2.12. The number of alkyl halides is 6. The molecule has 2 heterocycles. The summed E-state index contributed by atoms with van der Waals surface area (Å²) >= 11 is 0. The molecule has 3 nitrogen and oxygen atoms in total. The fourth-order valence-corrected chi connectivity index (χ4v) is 6.80. The molecule has 0 spiro atoms. The summed E-state index contributed by atoms with van der Waals surface area (Å²) in [6, 6.07) is 37.0. The van der Waals surface area contributed by atoms with E-state index in [9.17, 15) is 31.6 Å². The van der Waals surface area contributed by atoms with E-state index in [2.05, 4.69) is 6.07 Å². The highest BCUT2D eigenvalue weighted by Gasteiger charge is 2.37. The minimum absolute atomic E-state index is 0.0409. The van der Waals surface area contributed by atoms with Gasteiger partial charge in [0.15, 0.2) is 0 Å². The molecule has 0 saturated carbocycles. The number of hydrogen-bond donors (Lipinski definition) is 0. The van der Waals surface area contributed by atoms with Gasteiger partial charge < -0.3 is 9.13 Å². The average molecular weight is 646 g/mol. The molecule has 0 aliphatic heterocycles. The summed E-state index contributed by atoms with van der Waals surface area (Å²) in [6.07, 6.45) is -10.1. The van der Waals surface area contributed by atoms with Gasteiger partial charge in [-0.3, -0.25) is 0 Å². The molecule has 0 bridgehead atoms. The highest BCUT2D eigenvalue weighted by molar-refractivity contribution is 6.11. The lowest BCUT2D eigenvalue weighted by molar-refractivity contribution is -0.143. The molecule has 48 heavy (non-hydrogen) atoms. The summed E-state index contributed by atoms with van der Waals surface area (Å²) in [5, 5.41) is 14.5. The van der Waals surface area contributed by atoms with Crippen molar-refractivity contribution in [2.45, 2.75) is 12.4 Å². The molecule has 8 rings (SSSR count). The summed E-state index contributed by atoms with van der Waals surface area (Å²) in [7, 11) is 0. The average Bonchev–Trinajstić information content (AvgIpc) is 3.59. The second kappa shape index (κ2) is 10.5. The molecule has 234 valence electrons. The van der Waals surface area contributed by atoms with Crippen LogP contribution in [0.25, 0.3) is 66.1 Å². The van der Waals surface area contributed by atoms with Crippen molar-refractivity contribution in [2.75, 3.05) is 0 Å². The van der Waals surface area contributed by atoms with Crippen LogP contribution in [0.4, 0.5) is 26.3 Å². The molecule has 0 aliphatic rings. The number of aromatic nitrogens is 2. The Morgan fingerprint density at radius 3 is 1.27 bits per heavy atom. The largest absolute Gasteiger partial charge is 0.416 e. The summed E-state index contributed by atoms with van der Waals surface area (Å²) in [6.45, 7) is 0.